The highest BCUT2D eigenvalue weighted by molar-refractivity contribution is 7.99. The number of rotatable bonds is 0. The Morgan fingerprint density at radius 1 is 0.750 bits per heavy atom. The van der Waals surface area contributed by atoms with Crippen molar-refractivity contribution in [3.63, 3.8) is 0 Å². The third kappa shape index (κ3) is 2.01. The lowest BCUT2D eigenvalue weighted by Crippen LogP contribution is -2.31. The van der Waals surface area contributed by atoms with Gasteiger partial charge >= 0.3 is 0 Å². The Bertz CT molecular complexity index is 1460. The highest BCUT2D eigenvalue weighted by Gasteiger charge is 2.30. The second kappa shape index (κ2) is 5.59. The molecule has 0 saturated heterocycles. The van der Waals surface area contributed by atoms with Crippen LogP contribution in [0.3, 0.4) is 0 Å². The van der Waals surface area contributed by atoms with Crippen LogP contribution in [0.1, 0.15) is 11.1 Å². The maximum atomic E-state index is 2.38. The smallest absolute Gasteiger partial charge is 0.200 e. The molecule has 1 aliphatic heterocycles. The molecule has 0 fully saturated rings. The van der Waals surface area contributed by atoms with Gasteiger partial charge in [-0.25, -0.2) is 4.57 Å². The molecule has 0 saturated carbocycles. The average Bonchev–Trinajstić information content (AvgIpc) is 2.69. The molecule has 5 aromatic rings. The van der Waals surface area contributed by atoms with Gasteiger partial charge in [0.15, 0.2) is 6.20 Å². The monoisotopic (exact) mass is 378 g/mol. The number of aryl methyl sites for hydroxylation is 3. The van der Waals surface area contributed by atoms with Gasteiger partial charge < -0.3 is 0 Å². The second-order valence-electron chi connectivity index (χ2n) is 7.81. The Morgan fingerprint density at radius 2 is 1.54 bits per heavy atom. The van der Waals surface area contributed by atoms with Crippen LogP contribution in [0.15, 0.2) is 76.7 Å². The van der Waals surface area contributed by atoms with E-state index in [4.69, 9.17) is 0 Å². The molecule has 134 valence electrons. The minimum Gasteiger partial charge on any atom is -0.200 e. The molecule has 0 aliphatic carbocycles. The molecule has 1 aliphatic rings. The summed E-state index contributed by atoms with van der Waals surface area (Å²) in [6, 6.07) is 22.4. The minimum atomic E-state index is 1.32. The van der Waals surface area contributed by atoms with Crippen LogP contribution < -0.4 is 4.57 Å². The van der Waals surface area contributed by atoms with Crippen LogP contribution >= 0.6 is 11.8 Å². The van der Waals surface area contributed by atoms with E-state index in [1.807, 2.05) is 11.8 Å². The Kier molecular flexibility index (Phi) is 3.22. The molecular formula is C26H20NS+. The maximum absolute atomic E-state index is 2.38. The van der Waals surface area contributed by atoms with Gasteiger partial charge in [0, 0.05) is 21.2 Å². The van der Waals surface area contributed by atoms with E-state index >= 15 is 0 Å². The summed E-state index contributed by atoms with van der Waals surface area (Å²) < 4.78 is 2.30. The highest BCUT2D eigenvalue weighted by atomic mass is 32.2. The van der Waals surface area contributed by atoms with Crippen LogP contribution in [0.25, 0.3) is 43.6 Å². The van der Waals surface area contributed by atoms with Gasteiger partial charge in [-0.3, -0.25) is 0 Å². The summed E-state index contributed by atoms with van der Waals surface area (Å²) in [5, 5.41) is 8.13. The molecule has 2 heterocycles. The lowest BCUT2D eigenvalue weighted by Gasteiger charge is -2.22. The first kappa shape index (κ1) is 16.1. The van der Waals surface area contributed by atoms with Crippen LogP contribution in [0, 0.1) is 13.8 Å². The number of benzene rings is 4. The van der Waals surface area contributed by atoms with Crippen LogP contribution in [-0.2, 0) is 7.05 Å². The number of hydrogen-bond acceptors (Lipinski definition) is 1. The minimum absolute atomic E-state index is 1.32. The molecule has 28 heavy (non-hydrogen) atoms. The first-order chi connectivity index (χ1) is 13.6. The molecule has 0 atom stereocenters. The molecular weight excluding hydrogens is 358 g/mol. The third-order valence-corrected chi connectivity index (χ3v) is 7.24. The normalized spacial score (nSPS) is 12.7. The largest absolute Gasteiger partial charge is 0.222 e. The predicted octanol–water partition coefficient (Wildman–Crippen LogP) is 6.72. The fourth-order valence-electron chi connectivity index (χ4n) is 4.87. The van der Waals surface area contributed by atoms with Crippen molar-refractivity contribution in [3.8, 4) is 11.3 Å². The van der Waals surface area contributed by atoms with Gasteiger partial charge in [-0.1, -0.05) is 54.2 Å². The SMILES string of the molecule is Cc1c2c(cc3ccccc13)Sc1cc3cccc(C)c3c3cc[n+](C)c-2c13. The Hall–Kier alpha value is -2.84. The lowest BCUT2D eigenvalue weighted by atomic mass is 9.92. The first-order valence-electron chi connectivity index (χ1n) is 9.69. The summed E-state index contributed by atoms with van der Waals surface area (Å²) in [7, 11) is 2.18. The summed E-state index contributed by atoms with van der Waals surface area (Å²) in [5.74, 6) is 0. The van der Waals surface area contributed by atoms with E-state index < -0.39 is 0 Å². The van der Waals surface area contributed by atoms with Crippen molar-refractivity contribution >= 4 is 44.1 Å². The van der Waals surface area contributed by atoms with Gasteiger partial charge in [-0.2, -0.15) is 0 Å². The molecule has 2 heteroatoms. The molecule has 4 aromatic carbocycles. The van der Waals surface area contributed by atoms with E-state index in [-0.39, 0.29) is 0 Å². The number of pyridine rings is 1. The lowest BCUT2D eigenvalue weighted by molar-refractivity contribution is -0.659. The molecule has 0 bridgehead atoms. The van der Waals surface area contributed by atoms with E-state index in [0.717, 1.165) is 0 Å². The Balaban J connectivity index is 1.86. The molecule has 0 N–H and O–H groups in total. The Labute approximate surface area is 168 Å². The predicted molar refractivity (Wildman–Crippen MR) is 119 cm³/mol. The van der Waals surface area contributed by atoms with Crippen molar-refractivity contribution in [1.29, 1.82) is 0 Å². The van der Waals surface area contributed by atoms with E-state index in [2.05, 4.69) is 92.3 Å². The number of aromatic nitrogens is 1. The van der Waals surface area contributed by atoms with Crippen LogP contribution in [0.5, 0.6) is 0 Å². The van der Waals surface area contributed by atoms with Crippen molar-refractivity contribution in [2.45, 2.75) is 23.6 Å². The van der Waals surface area contributed by atoms with Gasteiger partial charge in [0.2, 0.25) is 5.69 Å². The quantitative estimate of drug-likeness (QED) is 0.210. The van der Waals surface area contributed by atoms with Gasteiger partial charge in [0.05, 0.1) is 10.9 Å². The maximum Gasteiger partial charge on any atom is 0.222 e. The summed E-state index contributed by atoms with van der Waals surface area (Å²) in [5.41, 5.74) is 5.45. The Morgan fingerprint density at radius 3 is 2.43 bits per heavy atom. The summed E-state index contributed by atoms with van der Waals surface area (Å²) >= 11 is 1.92. The van der Waals surface area contributed by atoms with E-state index in [1.54, 1.807) is 0 Å². The van der Waals surface area contributed by atoms with Crippen molar-refractivity contribution in [2.75, 3.05) is 0 Å². The number of fused-ring (bicyclic) bond motifs is 5. The third-order valence-electron chi connectivity index (χ3n) is 6.16. The summed E-state index contributed by atoms with van der Waals surface area (Å²) in [6.45, 7) is 4.50. The van der Waals surface area contributed by atoms with Crippen LogP contribution in [-0.4, -0.2) is 0 Å². The molecule has 0 unspecified atom stereocenters. The average molecular weight is 379 g/mol. The number of hydrogen-bond donors (Lipinski definition) is 0. The van der Waals surface area contributed by atoms with Crippen molar-refractivity contribution < 1.29 is 4.57 Å². The molecule has 1 nitrogen and oxygen atoms in total. The van der Waals surface area contributed by atoms with E-state index in [1.165, 1.54) is 64.5 Å². The standard InChI is InChI=1S/C26H20NS/c1-15-7-6-9-18-14-22-25-20(23(15)18)11-12-27(3)26(25)24-16(2)19-10-5-4-8-17(19)13-21(24)28-22/h4-14H,1-3H3/q+1. The molecule has 0 radical (unpaired) electrons. The highest BCUT2D eigenvalue weighted by Crippen LogP contribution is 2.51. The molecule has 1 aromatic heterocycles. The molecule has 0 amide bonds. The van der Waals surface area contributed by atoms with Crippen molar-refractivity contribution in [1.82, 2.24) is 0 Å². The van der Waals surface area contributed by atoms with E-state index in [9.17, 15) is 0 Å². The van der Waals surface area contributed by atoms with Crippen molar-refractivity contribution in [3.05, 3.63) is 78.0 Å². The second-order valence-corrected chi connectivity index (χ2v) is 8.89. The zero-order chi connectivity index (χ0) is 19.0. The fraction of sp³-hybridized carbons (Fsp3) is 0.115. The molecule has 6 rings (SSSR count). The first-order valence-corrected chi connectivity index (χ1v) is 10.5. The van der Waals surface area contributed by atoms with Gasteiger partial charge in [0.1, 0.15) is 7.05 Å². The summed E-state index contributed by atoms with van der Waals surface area (Å²) in [4.78, 5) is 2.72. The van der Waals surface area contributed by atoms with Crippen LogP contribution in [0.2, 0.25) is 0 Å². The summed E-state index contributed by atoms with van der Waals surface area (Å²) in [6.07, 6.45) is 2.22. The van der Waals surface area contributed by atoms with Gasteiger partial charge in [0.25, 0.3) is 0 Å². The zero-order valence-electron chi connectivity index (χ0n) is 16.2. The topological polar surface area (TPSA) is 3.88 Å². The van der Waals surface area contributed by atoms with Gasteiger partial charge in [-0.15, -0.1) is 0 Å². The zero-order valence-corrected chi connectivity index (χ0v) is 17.0. The van der Waals surface area contributed by atoms with E-state index in [0.29, 0.717) is 0 Å². The van der Waals surface area contributed by atoms with Crippen molar-refractivity contribution in [2.24, 2.45) is 7.05 Å². The number of nitrogens with zero attached hydrogens (tertiary/aromatic N) is 1. The van der Waals surface area contributed by atoms with Crippen LogP contribution in [0.4, 0.5) is 0 Å². The molecule has 0 spiro atoms. The van der Waals surface area contributed by atoms with Gasteiger partial charge in [-0.05, 0) is 58.7 Å². The fourth-order valence-corrected chi connectivity index (χ4v) is 6.14.